The van der Waals surface area contributed by atoms with Crippen molar-refractivity contribution < 1.29 is 9.84 Å². The van der Waals surface area contributed by atoms with E-state index in [0.717, 1.165) is 57.9 Å². The molecular weight excluding hydrogens is 441 g/mol. The molecular formula is C20H42IN3O2. The zero-order valence-electron chi connectivity index (χ0n) is 17.4. The molecule has 0 heterocycles. The molecule has 1 aliphatic rings. The number of aliphatic hydroxyl groups is 1. The maximum absolute atomic E-state index is 9.40. The molecule has 0 unspecified atom stereocenters. The summed E-state index contributed by atoms with van der Waals surface area (Å²) < 4.78 is 5.33. The average molecular weight is 483 g/mol. The van der Waals surface area contributed by atoms with Crippen molar-refractivity contribution in [3.05, 3.63) is 0 Å². The minimum Gasteiger partial charge on any atom is -0.396 e. The van der Waals surface area contributed by atoms with Gasteiger partial charge in [-0.3, -0.25) is 4.99 Å². The first-order valence-electron chi connectivity index (χ1n) is 10.2. The standard InChI is InChI=1S/C20H41N3O2.HI/c1-5-19(6-2,12-14-24)16-22-18(21-7-3)23-17-20(13-15-25-4)10-8-9-11-20;/h24H,5-17H2,1-4H3,(H2,21,22,23);1H. The van der Waals surface area contributed by atoms with Gasteiger partial charge in [-0.15, -0.1) is 24.0 Å². The molecule has 0 amide bonds. The molecule has 26 heavy (non-hydrogen) atoms. The minimum atomic E-state index is 0. The lowest BCUT2D eigenvalue weighted by atomic mass is 9.79. The van der Waals surface area contributed by atoms with E-state index < -0.39 is 0 Å². The second-order valence-electron chi connectivity index (χ2n) is 7.68. The molecule has 0 radical (unpaired) electrons. The quantitative estimate of drug-likeness (QED) is 0.224. The van der Waals surface area contributed by atoms with Crippen molar-refractivity contribution in [1.82, 2.24) is 10.6 Å². The molecule has 3 N–H and O–H groups in total. The summed E-state index contributed by atoms with van der Waals surface area (Å²) in [6.45, 7) is 10.2. The molecule has 0 spiro atoms. The largest absolute Gasteiger partial charge is 0.396 e. The van der Waals surface area contributed by atoms with E-state index in [0.29, 0.717) is 5.41 Å². The first-order chi connectivity index (χ1) is 12.1. The first-order valence-corrected chi connectivity index (χ1v) is 10.2. The number of aliphatic hydroxyl groups excluding tert-OH is 1. The molecule has 6 heteroatoms. The number of guanidine groups is 1. The summed E-state index contributed by atoms with van der Waals surface area (Å²) in [6.07, 6.45) is 9.24. The van der Waals surface area contributed by atoms with Gasteiger partial charge in [0.2, 0.25) is 0 Å². The van der Waals surface area contributed by atoms with Crippen LogP contribution in [0.4, 0.5) is 0 Å². The third-order valence-corrected chi connectivity index (χ3v) is 6.19. The van der Waals surface area contributed by atoms with Crippen molar-refractivity contribution >= 4 is 29.9 Å². The van der Waals surface area contributed by atoms with E-state index in [9.17, 15) is 5.11 Å². The Morgan fingerprint density at radius 2 is 1.81 bits per heavy atom. The number of hydrogen-bond acceptors (Lipinski definition) is 3. The number of hydrogen-bond donors (Lipinski definition) is 3. The zero-order chi connectivity index (χ0) is 18.6. The highest BCUT2D eigenvalue weighted by atomic mass is 127. The Morgan fingerprint density at radius 1 is 1.15 bits per heavy atom. The SMILES string of the molecule is CCNC(=NCC(CC)(CC)CCO)NCC1(CCOC)CCCC1.I. The average Bonchev–Trinajstić information content (AvgIpc) is 3.10. The van der Waals surface area contributed by atoms with Gasteiger partial charge in [-0.05, 0) is 56.3 Å². The predicted molar refractivity (Wildman–Crippen MR) is 122 cm³/mol. The molecule has 0 aromatic carbocycles. The number of ether oxygens (including phenoxy) is 1. The molecule has 5 nitrogen and oxygen atoms in total. The molecule has 1 aliphatic carbocycles. The van der Waals surface area contributed by atoms with Gasteiger partial charge in [-0.1, -0.05) is 26.7 Å². The second kappa shape index (κ2) is 14.0. The smallest absolute Gasteiger partial charge is 0.191 e. The number of aliphatic imine (C=N–C) groups is 1. The van der Waals surface area contributed by atoms with E-state index in [2.05, 4.69) is 31.4 Å². The summed E-state index contributed by atoms with van der Waals surface area (Å²) in [6, 6.07) is 0. The number of methoxy groups -OCH3 is 1. The Morgan fingerprint density at radius 3 is 2.31 bits per heavy atom. The number of rotatable bonds is 12. The molecule has 1 saturated carbocycles. The van der Waals surface area contributed by atoms with E-state index in [4.69, 9.17) is 9.73 Å². The monoisotopic (exact) mass is 483 g/mol. The van der Waals surface area contributed by atoms with Crippen molar-refractivity contribution in [3.63, 3.8) is 0 Å². The van der Waals surface area contributed by atoms with E-state index in [1.807, 2.05) is 0 Å². The Labute approximate surface area is 178 Å². The van der Waals surface area contributed by atoms with E-state index in [1.54, 1.807) is 7.11 Å². The van der Waals surface area contributed by atoms with Gasteiger partial charge in [0.15, 0.2) is 5.96 Å². The predicted octanol–water partition coefficient (Wildman–Crippen LogP) is 3.95. The molecule has 0 aliphatic heterocycles. The lowest BCUT2D eigenvalue weighted by Gasteiger charge is -2.31. The van der Waals surface area contributed by atoms with E-state index >= 15 is 0 Å². The molecule has 0 aromatic rings. The molecule has 1 fully saturated rings. The van der Waals surface area contributed by atoms with Crippen LogP contribution < -0.4 is 10.6 Å². The maximum atomic E-state index is 9.40. The van der Waals surface area contributed by atoms with E-state index in [-0.39, 0.29) is 36.0 Å². The third-order valence-electron chi connectivity index (χ3n) is 6.19. The summed E-state index contributed by atoms with van der Waals surface area (Å²) in [5.41, 5.74) is 0.460. The van der Waals surface area contributed by atoms with Gasteiger partial charge in [0.05, 0.1) is 0 Å². The van der Waals surface area contributed by atoms with Crippen LogP contribution in [0.5, 0.6) is 0 Å². The number of nitrogens with one attached hydrogen (secondary N) is 2. The summed E-state index contributed by atoms with van der Waals surface area (Å²) in [4.78, 5) is 4.87. The van der Waals surface area contributed by atoms with Crippen LogP contribution >= 0.6 is 24.0 Å². The molecule has 156 valence electrons. The Bertz CT molecular complexity index is 381. The highest BCUT2D eigenvalue weighted by Gasteiger charge is 2.33. The zero-order valence-corrected chi connectivity index (χ0v) is 19.7. The van der Waals surface area contributed by atoms with Crippen LogP contribution in [-0.4, -0.2) is 51.0 Å². The van der Waals surface area contributed by atoms with Gasteiger partial charge < -0.3 is 20.5 Å². The van der Waals surface area contributed by atoms with Crippen LogP contribution in [-0.2, 0) is 4.74 Å². The Balaban J connectivity index is 0.00000625. The third kappa shape index (κ3) is 8.30. The van der Waals surface area contributed by atoms with Crippen LogP contribution in [0.3, 0.4) is 0 Å². The van der Waals surface area contributed by atoms with Crippen molar-refractivity contribution in [2.24, 2.45) is 15.8 Å². The van der Waals surface area contributed by atoms with E-state index in [1.165, 1.54) is 25.7 Å². The number of nitrogens with zero attached hydrogens (tertiary/aromatic N) is 1. The molecule has 0 saturated heterocycles. The lowest BCUT2D eigenvalue weighted by Crippen LogP contribution is -2.44. The van der Waals surface area contributed by atoms with Gasteiger partial charge in [-0.25, -0.2) is 0 Å². The van der Waals surface area contributed by atoms with Gasteiger partial charge in [0.1, 0.15) is 0 Å². The normalized spacial score (nSPS) is 17.0. The Hall–Kier alpha value is -0.0800. The van der Waals surface area contributed by atoms with Crippen molar-refractivity contribution in [2.75, 3.05) is 40.0 Å². The molecule has 0 bridgehead atoms. The molecule has 0 aromatic heterocycles. The van der Waals surface area contributed by atoms with Gasteiger partial charge >= 0.3 is 0 Å². The summed E-state index contributed by atoms with van der Waals surface area (Å²) in [5.74, 6) is 0.912. The minimum absolute atomic E-state index is 0. The maximum Gasteiger partial charge on any atom is 0.191 e. The van der Waals surface area contributed by atoms with Crippen LogP contribution in [0.15, 0.2) is 4.99 Å². The van der Waals surface area contributed by atoms with Gasteiger partial charge in [0, 0.05) is 40.0 Å². The highest BCUT2D eigenvalue weighted by Crippen LogP contribution is 2.40. The summed E-state index contributed by atoms with van der Waals surface area (Å²) in [5, 5.41) is 16.4. The first kappa shape index (κ1) is 25.9. The van der Waals surface area contributed by atoms with Crippen LogP contribution in [0.2, 0.25) is 0 Å². The fourth-order valence-corrected chi connectivity index (χ4v) is 3.96. The van der Waals surface area contributed by atoms with Crippen LogP contribution in [0.1, 0.15) is 72.1 Å². The fraction of sp³-hybridized carbons (Fsp3) is 0.950. The fourth-order valence-electron chi connectivity index (χ4n) is 3.96. The highest BCUT2D eigenvalue weighted by molar-refractivity contribution is 14.0. The topological polar surface area (TPSA) is 65.9 Å². The van der Waals surface area contributed by atoms with Crippen LogP contribution in [0, 0.1) is 10.8 Å². The number of halogens is 1. The molecule has 0 atom stereocenters. The van der Waals surface area contributed by atoms with Crippen molar-refractivity contribution in [3.8, 4) is 0 Å². The molecule has 1 rings (SSSR count). The van der Waals surface area contributed by atoms with Crippen molar-refractivity contribution in [1.29, 1.82) is 0 Å². The van der Waals surface area contributed by atoms with Crippen molar-refractivity contribution in [2.45, 2.75) is 72.1 Å². The Kier molecular flexibility index (Phi) is 14.0. The van der Waals surface area contributed by atoms with Gasteiger partial charge in [0.25, 0.3) is 0 Å². The summed E-state index contributed by atoms with van der Waals surface area (Å²) >= 11 is 0. The van der Waals surface area contributed by atoms with Crippen LogP contribution in [0.25, 0.3) is 0 Å². The second-order valence-corrected chi connectivity index (χ2v) is 7.68. The lowest BCUT2D eigenvalue weighted by molar-refractivity contribution is 0.138. The van der Waals surface area contributed by atoms with Gasteiger partial charge in [-0.2, -0.15) is 0 Å². The summed E-state index contributed by atoms with van der Waals surface area (Å²) in [7, 11) is 1.79.